The zero-order chi connectivity index (χ0) is 23.5. The summed E-state index contributed by atoms with van der Waals surface area (Å²) in [6.07, 6.45) is -0.687. The summed E-state index contributed by atoms with van der Waals surface area (Å²) in [6, 6.07) is 16.8. The summed E-state index contributed by atoms with van der Waals surface area (Å²) in [4.78, 5) is 40.3. The van der Waals surface area contributed by atoms with Gasteiger partial charge in [0.25, 0.3) is 0 Å². The van der Waals surface area contributed by atoms with Gasteiger partial charge in [-0.15, -0.1) is 0 Å². The van der Waals surface area contributed by atoms with E-state index in [0.717, 1.165) is 24.3 Å². The number of amides is 3. The van der Waals surface area contributed by atoms with Gasteiger partial charge in [0.15, 0.2) is 0 Å². The van der Waals surface area contributed by atoms with Crippen LogP contribution < -0.4 is 15.5 Å². The first kappa shape index (κ1) is 24.1. The lowest BCUT2D eigenvalue weighted by Gasteiger charge is -2.29. The number of carbonyl (C=O) groups excluding carboxylic acids is 3. The standard InChI is InChI=1S/C24H30N4O5/c1-2-27(23(30)16-25-24(31)33-18-19-6-4-3-5-7-19)17-22(29)26-20-8-10-21(11-9-20)28-12-14-32-15-13-28/h3-11H,2,12-18H2,1H3,(H,25,31)(H,26,29). The van der Waals surface area contributed by atoms with Crippen LogP contribution in [-0.2, 0) is 25.7 Å². The van der Waals surface area contributed by atoms with Gasteiger partial charge in [-0.3, -0.25) is 9.59 Å². The molecule has 33 heavy (non-hydrogen) atoms. The monoisotopic (exact) mass is 454 g/mol. The quantitative estimate of drug-likeness (QED) is 0.603. The lowest BCUT2D eigenvalue weighted by Crippen LogP contribution is -2.43. The Kier molecular flexibility index (Phi) is 9.08. The third-order valence-electron chi connectivity index (χ3n) is 5.19. The highest BCUT2D eigenvalue weighted by Crippen LogP contribution is 2.19. The van der Waals surface area contributed by atoms with Gasteiger partial charge in [-0.1, -0.05) is 30.3 Å². The van der Waals surface area contributed by atoms with Gasteiger partial charge in [-0.05, 0) is 36.8 Å². The molecule has 0 saturated carbocycles. The first-order valence-electron chi connectivity index (χ1n) is 11.0. The number of anilines is 2. The van der Waals surface area contributed by atoms with Crippen molar-refractivity contribution < 1.29 is 23.9 Å². The molecule has 2 aromatic rings. The summed E-state index contributed by atoms with van der Waals surface area (Å²) >= 11 is 0. The van der Waals surface area contributed by atoms with Crippen molar-refractivity contribution in [3.05, 3.63) is 60.2 Å². The van der Waals surface area contributed by atoms with Crippen molar-refractivity contribution in [2.75, 3.05) is 56.2 Å². The van der Waals surface area contributed by atoms with E-state index in [0.29, 0.717) is 25.4 Å². The van der Waals surface area contributed by atoms with E-state index in [-0.39, 0.29) is 31.5 Å². The Balaban J connectivity index is 1.40. The minimum Gasteiger partial charge on any atom is -0.445 e. The molecule has 2 N–H and O–H groups in total. The average Bonchev–Trinajstić information content (AvgIpc) is 2.86. The van der Waals surface area contributed by atoms with E-state index >= 15 is 0 Å². The van der Waals surface area contributed by atoms with Crippen LogP contribution in [0.15, 0.2) is 54.6 Å². The number of hydrogen-bond acceptors (Lipinski definition) is 6. The number of likely N-dealkylation sites (N-methyl/N-ethyl adjacent to an activating group) is 1. The van der Waals surface area contributed by atoms with E-state index in [2.05, 4.69) is 15.5 Å². The van der Waals surface area contributed by atoms with Gasteiger partial charge >= 0.3 is 6.09 Å². The molecule has 0 radical (unpaired) electrons. The highest BCUT2D eigenvalue weighted by atomic mass is 16.5. The second kappa shape index (κ2) is 12.4. The van der Waals surface area contributed by atoms with Gasteiger partial charge in [-0.25, -0.2) is 4.79 Å². The minimum atomic E-state index is -0.687. The maximum atomic E-state index is 12.4. The molecule has 0 aromatic heterocycles. The smallest absolute Gasteiger partial charge is 0.407 e. The Morgan fingerprint density at radius 2 is 1.73 bits per heavy atom. The maximum absolute atomic E-state index is 12.4. The molecule has 0 bridgehead atoms. The van der Waals surface area contributed by atoms with Crippen LogP contribution in [0.1, 0.15) is 12.5 Å². The fraction of sp³-hybridized carbons (Fsp3) is 0.375. The number of morpholine rings is 1. The normalized spacial score (nSPS) is 13.2. The first-order valence-corrected chi connectivity index (χ1v) is 11.0. The maximum Gasteiger partial charge on any atom is 0.407 e. The van der Waals surface area contributed by atoms with Gasteiger partial charge in [0.1, 0.15) is 13.2 Å². The zero-order valence-corrected chi connectivity index (χ0v) is 18.8. The largest absolute Gasteiger partial charge is 0.445 e. The summed E-state index contributed by atoms with van der Waals surface area (Å²) in [5.41, 5.74) is 2.58. The molecule has 9 heteroatoms. The summed E-state index contributed by atoms with van der Waals surface area (Å²) in [5, 5.41) is 5.24. The van der Waals surface area contributed by atoms with Gasteiger partial charge in [0.2, 0.25) is 11.8 Å². The number of nitrogens with zero attached hydrogens (tertiary/aromatic N) is 2. The summed E-state index contributed by atoms with van der Waals surface area (Å²) in [6.45, 7) is 4.96. The first-order chi connectivity index (χ1) is 16.0. The molecule has 0 spiro atoms. The van der Waals surface area contributed by atoms with E-state index in [1.807, 2.05) is 54.6 Å². The molecule has 1 fully saturated rings. The molecular formula is C24H30N4O5. The molecule has 1 saturated heterocycles. The van der Waals surface area contributed by atoms with Crippen molar-refractivity contribution in [1.29, 1.82) is 0 Å². The van der Waals surface area contributed by atoms with E-state index in [9.17, 15) is 14.4 Å². The van der Waals surface area contributed by atoms with Crippen LogP contribution in [0.3, 0.4) is 0 Å². The van der Waals surface area contributed by atoms with Crippen molar-refractivity contribution in [3.63, 3.8) is 0 Å². The Morgan fingerprint density at radius 1 is 1.03 bits per heavy atom. The van der Waals surface area contributed by atoms with Crippen LogP contribution in [-0.4, -0.2) is 68.7 Å². The number of ether oxygens (including phenoxy) is 2. The molecule has 1 aliphatic rings. The number of carbonyl (C=O) groups is 3. The van der Waals surface area contributed by atoms with Gasteiger partial charge in [0.05, 0.1) is 19.8 Å². The Hall–Kier alpha value is -3.59. The Bertz CT molecular complexity index is 914. The molecule has 1 heterocycles. The van der Waals surface area contributed by atoms with Crippen LogP contribution in [0.5, 0.6) is 0 Å². The highest BCUT2D eigenvalue weighted by molar-refractivity contribution is 5.95. The van der Waals surface area contributed by atoms with E-state index in [1.54, 1.807) is 6.92 Å². The second-order valence-electron chi connectivity index (χ2n) is 7.52. The molecule has 2 aromatic carbocycles. The third-order valence-corrected chi connectivity index (χ3v) is 5.19. The Morgan fingerprint density at radius 3 is 2.39 bits per heavy atom. The van der Waals surface area contributed by atoms with Gasteiger partial charge in [-0.2, -0.15) is 0 Å². The molecule has 0 atom stereocenters. The van der Waals surface area contributed by atoms with Crippen molar-refractivity contribution in [3.8, 4) is 0 Å². The number of benzene rings is 2. The number of hydrogen-bond donors (Lipinski definition) is 2. The van der Waals surface area contributed by atoms with Crippen molar-refractivity contribution in [2.45, 2.75) is 13.5 Å². The average molecular weight is 455 g/mol. The van der Waals surface area contributed by atoms with Crippen molar-refractivity contribution in [1.82, 2.24) is 10.2 Å². The molecule has 0 unspecified atom stereocenters. The predicted molar refractivity (Wildman–Crippen MR) is 125 cm³/mol. The highest BCUT2D eigenvalue weighted by Gasteiger charge is 2.17. The predicted octanol–water partition coefficient (Wildman–Crippen LogP) is 2.24. The van der Waals surface area contributed by atoms with E-state index in [1.165, 1.54) is 4.90 Å². The van der Waals surface area contributed by atoms with Crippen molar-refractivity contribution in [2.24, 2.45) is 0 Å². The number of alkyl carbamates (subject to hydrolysis) is 1. The van der Waals surface area contributed by atoms with Gasteiger partial charge in [0, 0.05) is 31.0 Å². The minimum absolute atomic E-state index is 0.110. The van der Waals surface area contributed by atoms with Crippen LogP contribution in [0.2, 0.25) is 0 Å². The van der Waals surface area contributed by atoms with Crippen LogP contribution in [0, 0.1) is 0 Å². The number of rotatable bonds is 9. The molecule has 3 rings (SSSR count). The molecule has 176 valence electrons. The van der Waals surface area contributed by atoms with Crippen molar-refractivity contribution >= 4 is 29.3 Å². The second-order valence-corrected chi connectivity index (χ2v) is 7.52. The molecule has 9 nitrogen and oxygen atoms in total. The summed E-state index contributed by atoms with van der Waals surface area (Å²) in [5.74, 6) is -0.678. The van der Waals surface area contributed by atoms with Crippen LogP contribution >= 0.6 is 0 Å². The van der Waals surface area contributed by atoms with Crippen LogP contribution in [0.25, 0.3) is 0 Å². The summed E-state index contributed by atoms with van der Waals surface area (Å²) in [7, 11) is 0. The SMILES string of the molecule is CCN(CC(=O)Nc1ccc(N2CCOCC2)cc1)C(=O)CNC(=O)OCc1ccccc1. The number of nitrogens with one attached hydrogen (secondary N) is 2. The molecule has 0 aliphatic carbocycles. The third kappa shape index (κ3) is 7.80. The lowest BCUT2D eigenvalue weighted by molar-refractivity contribution is -0.133. The lowest BCUT2D eigenvalue weighted by atomic mass is 10.2. The van der Waals surface area contributed by atoms with E-state index in [4.69, 9.17) is 9.47 Å². The summed E-state index contributed by atoms with van der Waals surface area (Å²) < 4.78 is 10.5. The topological polar surface area (TPSA) is 100 Å². The van der Waals surface area contributed by atoms with E-state index < -0.39 is 6.09 Å². The van der Waals surface area contributed by atoms with Crippen LogP contribution in [0.4, 0.5) is 16.2 Å². The fourth-order valence-corrected chi connectivity index (χ4v) is 3.36. The molecule has 3 amide bonds. The molecular weight excluding hydrogens is 424 g/mol. The zero-order valence-electron chi connectivity index (χ0n) is 18.8. The molecule has 1 aliphatic heterocycles. The Labute approximate surface area is 193 Å². The van der Waals surface area contributed by atoms with Gasteiger partial charge < -0.3 is 29.9 Å². The fourth-order valence-electron chi connectivity index (χ4n) is 3.36.